The fourth-order valence-electron chi connectivity index (χ4n) is 7.53. The molecule has 2 amide bonds. The van der Waals surface area contributed by atoms with Gasteiger partial charge in [0.05, 0.1) is 17.1 Å². The lowest BCUT2D eigenvalue weighted by Crippen LogP contribution is -2.76. The van der Waals surface area contributed by atoms with Crippen molar-refractivity contribution in [1.29, 1.82) is 0 Å². The van der Waals surface area contributed by atoms with Crippen molar-refractivity contribution >= 4 is 6.03 Å². The Kier molecular flexibility index (Phi) is 5.92. The van der Waals surface area contributed by atoms with Crippen LogP contribution in [-0.4, -0.2) is 70.0 Å². The minimum absolute atomic E-state index is 0.0428. The molecule has 2 aliphatic heterocycles. The van der Waals surface area contributed by atoms with E-state index in [-0.39, 0.29) is 23.9 Å². The van der Waals surface area contributed by atoms with E-state index in [9.17, 15) is 15.0 Å². The topological polar surface area (TPSA) is 85.3 Å². The summed E-state index contributed by atoms with van der Waals surface area (Å²) in [5.41, 5.74) is 1.28. The monoisotopic (exact) mass is 505 g/mol. The number of likely N-dealkylation sites (tertiary alicyclic amines) is 1. The van der Waals surface area contributed by atoms with Gasteiger partial charge in [0.25, 0.3) is 0 Å². The van der Waals surface area contributed by atoms with E-state index in [1.807, 2.05) is 50.4 Å². The second-order valence-corrected chi connectivity index (χ2v) is 11.8. The first-order chi connectivity index (χ1) is 17.8. The Morgan fingerprint density at radius 3 is 2.65 bits per heavy atom. The van der Waals surface area contributed by atoms with Gasteiger partial charge in [-0.15, -0.1) is 0 Å². The maximum absolute atomic E-state index is 13.3. The molecule has 2 saturated carbocycles. The van der Waals surface area contributed by atoms with Gasteiger partial charge in [-0.2, -0.15) is 0 Å². The van der Waals surface area contributed by atoms with Crippen LogP contribution in [0, 0.1) is 12.8 Å². The molecule has 5 atom stereocenters. The predicted octanol–water partition coefficient (Wildman–Crippen LogP) is 3.94. The first-order valence-corrected chi connectivity index (χ1v) is 13.8. The van der Waals surface area contributed by atoms with Gasteiger partial charge in [-0.25, -0.2) is 4.79 Å². The van der Waals surface area contributed by atoms with Crippen LogP contribution in [0.15, 0.2) is 42.5 Å². The molecule has 198 valence electrons. The summed E-state index contributed by atoms with van der Waals surface area (Å²) < 4.78 is 6.62. The Hall–Kier alpha value is -2.77. The number of benzene rings is 2. The highest BCUT2D eigenvalue weighted by atomic mass is 16.5. The number of rotatable bonds is 5. The van der Waals surface area contributed by atoms with Crippen molar-refractivity contribution in [2.75, 3.05) is 20.1 Å². The first-order valence-electron chi connectivity index (χ1n) is 13.8. The van der Waals surface area contributed by atoms with Gasteiger partial charge in [0.1, 0.15) is 6.10 Å². The smallest absolute Gasteiger partial charge is 0.317 e. The lowest BCUT2D eigenvalue weighted by molar-refractivity contribution is -0.188. The van der Waals surface area contributed by atoms with Crippen molar-refractivity contribution in [3.05, 3.63) is 59.2 Å². The number of likely N-dealkylation sites (N-methyl/N-ethyl adjacent to an activating group) is 1. The van der Waals surface area contributed by atoms with Gasteiger partial charge >= 0.3 is 6.03 Å². The number of urea groups is 1. The van der Waals surface area contributed by atoms with Crippen LogP contribution in [0.4, 0.5) is 4.79 Å². The van der Waals surface area contributed by atoms with E-state index in [1.54, 1.807) is 11.0 Å². The lowest BCUT2D eigenvalue weighted by Gasteiger charge is -2.62. The van der Waals surface area contributed by atoms with Crippen LogP contribution in [0.3, 0.4) is 0 Å². The minimum atomic E-state index is -1.02. The Morgan fingerprint density at radius 1 is 1.16 bits per heavy atom. The predicted molar refractivity (Wildman–Crippen MR) is 142 cm³/mol. The van der Waals surface area contributed by atoms with Crippen molar-refractivity contribution in [2.45, 2.75) is 81.7 Å². The van der Waals surface area contributed by atoms with Gasteiger partial charge < -0.3 is 25.2 Å². The van der Waals surface area contributed by atoms with E-state index in [1.165, 1.54) is 12.8 Å². The van der Waals surface area contributed by atoms with Crippen LogP contribution in [0.25, 0.3) is 0 Å². The number of aromatic hydroxyl groups is 1. The largest absolute Gasteiger partial charge is 0.504 e. The van der Waals surface area contributed by atoms with Crippen molar-refractivity contribution in [1.82, 2.24) is 15.1 Å². The third kappa shape index (κ3) is 3.73. The summed E-state index contributed by atoms with van der Waals surface area (Å²) in [6.07, 6.45) is 4.06. The molecule has 7 heteroatoms. The van der Waals surface area contributed by atoms with Gasteiger partial charge in [-0.05, 0) is 75.6 Å². The Balaban J connectivity index is 1.34. The molecule has 4 aliphatic rings. The maximum Gasteiger partial charge on any atom is 0.317 e. The number of hydrogen-bond acceptors (Lipinski definition) is 5. The van der Waals surface area contributed by atoms with E-state index in [0.29, 0.717) is 25.1 Å². The van der Waals surface area contributed by atoms with E-state index < -0.39 is 17.1 Å². The molecular weight excluding hydrogens is 466 g/mol. The zero-order chi connectivity index (χ0) is 25.9. The number of fused-ring (bicyclic) bond motifs is 1. The normalized spacial score (nSPS) is 32.6. The van der Waals surface area contributed by atoms with Crippen LogP contribution in [0.5, 0.6) is 11.5 Å². The van der Waals surface area contributed by atoms with Crippen LogP contribution >= 0.6 is 0 Å². The number of nitrogens with zero attached hydrogens (tertiary/aromatic N) is 2. The quantitative estimate of drug-likeness (QED) is 0.573. The number of nitrogens with one attached hydrogen (secondary N) is 1. The Bertz CT molecular complexity index is 1180. The molecule has 7 nitrogen and oxygen atoms in total. The van der Waals surface area contributed by atoms with Gasteiger partial charge in [0.2, 0.25) is 0 Å². The lowest BCUT2D eigenvalue weighted by atomic mass is 9.51. The summed E-state index contributed by atoms with van der Waals surface area (Å²) in [7, 11) is 1.83. The third-order valence-electron chi connectivity index (χ3n) is 9.79. The highest BCUT2D eigenvalue weighted by molar-refractivity contribution is 5.74. The van der Waals surface area contributed by atoms with E-state index in [0.717, 1.165) is 42.1 Å². The molecule has 0 bridgehead atoms. The number of amides is 2. The van der Waals surface area contributed by atoms with Gasteiger partial charge in [-0.3, -0.25) is 4.90 Å². The van der Waals surface area contributed by atoms with E-state index in [4.69, 9.17) is 4.74 Å². The van der Waals surface area contributed by atoms with Gasteiger partial charge in [-0.1, -0.05) is 36.4 Å². The molecule has 0 unspecified atom stereocenters. The molecule has 3 fully saturated rings. The molecule has 37 heavy (non-hydrogen) atoms. The number of carbonyl (C=O) groups is 1. The van der Waals surface area contributed by atoms with E-state index in [2.05, 4.69) is 17.1 Å². The second-order valence-electron chi connectivity index (χ2n) is 11.8. The molecule has 1 saturated heterocycles. The fraction of sp³-hybridized carbons (Fsp3) is 0.567. The Morgan fingerprint density at radius 2 is 1.92 bits per heavy atom. The molecular formula is C30H39N3O4. The number of aliphatic hydroxyl groups is 1. The number of hydrogen-bond donors (Lipinski definition) is 3. The fourth-order valence-corrected chi connectivity index (χ4v) is 7.53. The highest BCUT2D eigenvalue weighted by Gasteiger charge is 2.70. The summed E-state index contributed by atoms with van der Waals surface area (Å²) in [6.45, 7) is 6.55. The molecule has 2 aliphatic carbocycles. The number of phenols is 1. The molecule has 2 aromatic carbocycles. The van der Waals surface area contributed by atoms with Crippen molar-refractivity contribution in [2.24, 2.45) is 5.92 Å². The minimum Gasteiger partial charge on any atom is -0.504 e. The highest BCUT2D eigenvalue weighted by Crippen LogP contribution is 2.63. The molecule has 3 N–H and O–H groups in total. The average molecular weight is 506 g/mol. The summed E-state index contributed by atoms with van der Waals surface area (Å²) in [5, 5.41) is 26.6. The van der Waals surface area contributed by atoms with Gasteiger partial charge in [0, 0.05) is 31.7 Å². The summed E-state index contributed by atoms with van der Waals surface area (Å²) >= 11 is 0. The summed E-state index contributed by atoms with van der Waals surface area (Å²) in [4.78, 5) is 17.6. The molecule has 0 aromatic heterocycles. The third-order valence-corrected chi connectivity index (χ3v) is 9.79. The van der Waals surface area contributed by atoms with Crippen molar-refractivity contribution in [3.63, 3.8) is 0 Å². The Labute approximate surface area is 219 Å². The molecule has 1 spiro atoms. The molecule has 2 heterocycles. The van der Waals surface area contributed by atoms with Crippen LogP contribution in [0.1, 0.15) is 55.7 Å². The number of phenolic OH excluding ortho intramolecular Hbond substituents is 1. The zero-order valence-electron chi connectivity index (χ0n) is 22.1. The number of ether oxygens (including phenoxy) is 1. The summed E-state index contributed by atoms with van der Waals surface area (Å²) in [6, 6.07) is 13.1. The summed E-state index contributed by atoms with van der Waals surface area (Å²) in [5.74, 6) is 1.33. The first kappa shape index (κ1) is 24.6. The van der Waals surface area contributed by atoms with Crippen LogP contribution < -0.4 is 10.1 Å². The molecule has 0 radical (unpaired) electrons. The standard InChI is InChI=1S/C30H39N3O4/c1-19-9-12-24(34)26-25(19)29-15-16-33(18-22-10-11-22)20(2)30(29,36)14-13-23(27(29)37-26)32(3)28(35)31-17-21-7-5-4-6-8-21/h4-9,12,20,22-23,27,34,36H,10-11,13-18H2,1-3H3,(H,31,35)/t20-,23+,27+,29+,30-/m1/s1. The zero-order valence-corrected chi connectivity index (χ0v) is 22.1. The average Bonchev–Trinajstić information content (AvgIpc) is 3.65. The number of piperidine rings is 1. The second kappa shape index (κ2) is 8.91. The van der Waals surface area contributed by atoms with E-state index >= 15 is 0 Å². The van der Waals surface area contributed by atoms with Crippen molar-refractivity contribution < 1.29 is 19.7 Å². The SMILES string of the molecule is Cc1ccc(O)c2c1[C@]13CCN(CC4CC4)[C@H](C)[C@]1(O)CC[C@H](N(C)C(=O)NCc1ccccc1)[C@@H]3O2. The number of aryl methyl sites for hydroxylation is 1. The maximum atomic E-state index is 13.3. The molecule has 2 aromatic rings. The number of carbonyl (C=O) groups excluding carboxylic acids is 1. The van der Waals surface area contributed by atoms with Crippen LogP contribution in [0.2, 0.25) is 0 Å². The van der Waals surface area contributed by atoms with Crippen molar-refractivity contribution in [3.8, 4) is 11.5 Å². The van der Waals surface area contributed by atoms with Gasteiger partial charge in [0.15, 0.2) is 11.5 Å². The molecule has 6 rings (SSSR count). The van der Waals surface area contributed by atoms with Crippen LogP contribution in [-0.2, 0) is 12.0 Å².